The second kappa shape index (κ2) is 5.23. The Morgan fingerprint density at radius 2 is 2.15 bits per heavy atom. The van der Waals surface area contributed by atoms with Crippen molar-refractivity contribution < 1.29 is 9.90 Å². The Balaban J connectivity index is 2.00. The molecule has 2 aromatic rings. The number of benzene rings is 1. The molecule has 5 heteroatoms. The van der Waals surface area contributed by atoms with Crippen molar-refractivity contribution in [1.29, 1.82) is 0 Å². The molecule has 0 radical (unpaired) electrons. The number of carboxylic acids is 1. The van der Waals surface area contributed by atoms with Crippen molar-refractivity contribution in [2.45, 2.75) is 45.1 Å². The monoisotopic (exact) mass is 273 g/mol. The minimum atomic E-state index is -0.947. The Kier molecular flexibility index (Phi) is 3.42. The van der Waals surface area contributed by atoms with Crippen molar-refractivity contribution in [1.82, 2.24) is 15.0 Å². The van der Waals surface area contributed by atoms with E-state index in [1.807, 2.05) is 10.7 Å². The Bertz CT molecular complexity index is 635. The van der Waals surface area contributed by atoms with Crippen LogP contribution in [-0.2, 0) is 0 Å². The van der Waals surface area contributed by atoms with Gasteiger partial charge in [-0.25, -0.2) is 9.48 Å². The lowest BCUT2D eigenvalue weighted by atomic mass is 10.0. The van der Waals surface area contributed by atoms with Gasteiger partial charge in [-0.1, -0.05) is 31.0 Å². The van der Waals surface area contributed by atoms with E-state index >= 15 is 0 Å². The van der Waals surface area contributed by atoms with Crippen LogP contribution in [0.5, 0.6) is 0 Å². The number of carboxylic acid groups (broad SMARTS) is 1. The highest BCUT2D eigenvalue weighted by atomic mass is 16.4. The van der Waals surface area contributed by atoms with Crippen LogP contribution in [0.4, 0.5) is 0 Å². The van der Waals surface area contributed by atoms with Gasteiger partial charge in [-0.15, -0.1) is 5.10 Å². The average Bonchev–Trinajstić information content (AvgIpc) is 2.74. The van der Waals surface area contributed by atoms with Gasteiger partial charge in [-0.3, -0.25) is 0 Å². The molecule has 1 N–H and O–H groups in total. The summed E-state index contributed by atoms with van der Waals surface area (Å²) in [7, 11) is 0. The van der Waals surface area contributed by atoms with Crippen molar-refractivity contribution in [3.63, 3.8) is 0 Å². The number of hydrogen-bond donors (Lipinski definition) is 1. The molecular formula is C15H19N3O2. The summed E-state index contributed by atoms with van der Waals surface area (Å²) in [5.74, 6) is -0.179. The van der Waals surface area contributed by atoms with E-state index in [1.165, 1.54) is 19.3 Å². The third-order valence-corrected chi connectivity index (χ3v) is 4.31. The molecule has 2 atom stereocenters. The molecule has 0 spiro atoms. The van der Waals surface area contributed by atoms with Gasteiger partial charge in [0.2, 0.25) is 0 Å². The SMILES string of the molecule is CC1CCCC(n2nnc3c(C(=O)O)cccc32)CC1. The predicted octanol–water partition coefficient (Wildman–Crippen LogP) is 3.27. The fraction of sp³-hybridized carbons (Fsp3) is 0.533. The number of aromatic carboxylic acids is 1. The number of fused-ring (bicyclic) bond motifs is 1. The van der Waals surface area contributed by atoms with Crippen LogP contribution in [0.25, 0.3) is 11.0 Å². The minimum absolute atomic E-state index is 0.232. The zero-order chi connectivity index (χ0) is 14.1. The van der Waals surface area contributed by atoms with Crippen molar-refractivity contribution in [3.05, 3.63) is 23.8 Å². The number of nitrogens with zero attached hydrogens (tertiary/aromatic N) is 3. The van der Waals surface area contributed by atoms with Crippen molar-refractivity contribution in [3.8, 4) is 0 Å². The Hall–Kier alpha value is -1.91. The zero-order valence-corrected chi connectivity index (χ0v) is 11.6. The normalized spacial score (nSPS) is 23.6. The summed E-state index contributed by atoms with van der Waals surface area (Å²) in [6.07, 6.45) is 5.86. The molecule has 0 amide bonds. The van der Waals surface area contributed by atoms with Gasteiger partial charge >= 0.3 is 5.97 Å². The van der Waals surface area contributed by atoms with Gasteiger partial charge in [-0.05, 0) is 37.3 Å². The average molecular weight is 273 g/mol. The smallest absolute Gasteiger partial charge is 0.338 e. The van der Waals surface area contributed by atoms with Gasteiger partial charge in [0, 0.05) is 0 Å². The highest BCUT2D eigenvalue weighted by molar-refractivity contribution is 6.00. The molecule has 1 aliphatic rings. The Labute approximate surface area is 117 Å². The van der Waals surface area contributed by atoms with E-state index in [9.17, 15) is 9.90 Å². The summed E-state index contributed by atoms with van der Waals surface area (Å²) in [5.41, 5.74) is 1.57. The number of aromatic nitrogens is 3. The maximum atomic E-state index is 11.2. The van der Waals surface area contributed by atoms with E-state index in [4.69, 9.17) is 0 Å². The molecule has 1 aliphatic carbocycles. The molecule has 0 aliphatic heterocycles. The van der Waals surface area contributed by atoms with Gasteiger partial charge in [0.1, 0.15) is 5.52 Å². The number of carbonyl (C=O) groups is 1. The molecule has 0 bridgehead atoms. The van der Waals surface area contributed by atoms with Crippen LogP contribution in [0.15, 0.2) is 18.2 Å². The predicted molar refractivity (Wildman–Crippen MR) is 75.8 cm³/mol. The standard InChI is InChI=1S/C15H19N3O2/c1-10-4-2-5-11(9-8-10)18-13-7-3-6-12(15(19)20)14(13)16-17-18/h3,6-7,10-11H,2,4-5,8-9H2,1H3,(H,19,20). The first-order valence-corrected chi connectivity index (χ1v) is 7.24. The zero-order valence-electron chi connectivity index (χ0n) is 11.6. The molecule has 5 nitrogen and oxygen atoms in total. The molecule has 2 unspecified atom stereocenters. The van der Waals surface area contributed by atoms with E-state index in [0.29, 0.717) is 11.6 Å². The number of hydrogen-bond acceptors (Lipinski definition) is 3. The minimum Gasteiger partial charge on any atom is -0.478 e. The first kappa shape index (κ1) is 13.1. The van der Waals surface area contributed by atoms with Gasteiger partial charge in [0.25, 0.3) is 0 Å². The fourth-order valence-electron chi connectivity index (χ4n) is 3.12. The van der Waals surface area contributed by atoms with E-state index < -0.39 is 5.97 Å². The molecule has 20 heavy (non-hydrogen) atoms. The van der Waals surface area contributed by atoms with Crippen molar-refractivity contribution >= 4 is 17.0 Å². The van der Waals surface area contributed by atoms with Crippen LogP contribution in [-0.4, -0.2) is 26.1 Å². The van der Waals surface area contributed by atoms with E-state index in [1.54, 1.807) is 12.1 Å². The topological polar surface area (TPSA) is 68.0 Å². The molecule has 3 rings (SSSR count). The van der Waals surface area contributed by atoms with E-state index in [-0.39, 0.29) is 5.56 Å². The van der Waals surface area contributed by atoms with Crippen LogP contribution in [0.1, 0.15) is 55.4 Å². The lowest BCUT2D eigenvalue weighted by molar-refractivity contribution is 0.0699. The van der Waals surface area contributed by atoms with Gasteiger partial charge in [0.15, 0.2) is 0 Å². The number of rotatable bonds is 2. The first-order valence-electron chi connectivity index (χ1n) is 7.24. The van der Waals surface area contributed by atoms with Gasteiger partial charge in [0.05, 0.1) is 17.1 Å². The van der Waals surface area contributed by atoms with E-state index in [0.717, 1.165) is 24.3 Å². The molecule has 1 heterocycles. The van der Waals surface area contributed by atoms with Gasteiger partial charge < -0.3 is 5.11 Å². The second-order valence-electron chi connectivity index (χ2n) is 5.78. The van der Waals surface area contributed by atoms with Crippen LogP contribution in [0.3, 0.4) is 0 Å². The first-order chi connectivity index (χ1) is 9.66. The quantitative estimate of drug-likeness (QED) is 0.853. The summed E-state index contributed by atoms with van der Waals surface area (Å²) >= 11 is 0. The summed E-state index contributed by atoms with van der Waals surface area (Å²) < 4.78 is 1.93. The summed E-state index contributed by atoms with van der Waals surface area (Å²) in [6, 6.07) is 5.61. The lowest BCUT2D eigenvalue weighted by Crippen LogP contribution is -2.10. The maximum absolute atomic E-state index is 11.2. The molecule has 106 valence electrons. The highest BCUT2D eigenvalue weighted by Gasteiger charge is 2.22. The van der Waals surface area contributed by atoms with Crippen LogP contribution in [0.2, 0.25) is 0 Å². The van der Waals surface area contributed by atoms with Crippen molar-refractivity contribution in [2.75, 3.05) is 0 Å². The van der Waals surface area contributed by atoms with Crippen LogP contribution in [0, 0.1) is 5.92 Å². The molecular weight excluding hydrogens is 254 g/mol. The summed E-state index contributed by atoms with van der Waals surface area (Å²) in [6.45, 7) is 2.30. The lowest BCUT2D eigenvalue weighted by Gasteiger charge is -2.15. The Morgan fingerprint density at radius 1 is 1.30 bits per heavy atom. The molecule has 0 saturated heterocycles. The third-order valence-electron chi connectivity index (χ3n) is 4.31. The molecule has 1 aromatic carbocycles. The third kappa shape index (κ3) is 2.28. The highest BCUT2D eigenvalue weighted by Crippen LogP contribution is 2.31. The summed E-state index contributed by atoms with van der Waals surface area (Å²) in [5, 5.41) is 17.5. The fourth-order valence-corrected chi connectivity index (χ4v) is 3.12. The van der Waals surface area contributed by atoms with Crippen LogP contribution >= 0.6 is 0 Å². The summed E-state index contributed by atoms with van der Waals surface area (Å²) in [4.78, 5) is 11.2. The van der Waals surface area contributed by atoms with Gasteiger partial charge in [-0.2, -0.15) is 0 Å². The maximum Gasteiger partial charge on any atom is 0.338 e. The second-order valence-corrected chi connectivity index (χ2v) is 5.78. The Morgan fingerprint density at radius 3 is 2.95 bits per heavy atom. The molecule has 1 saturated carbocycles. The van der Waals surface area contributed by atoms with Crippen LogP contribution < -0.4 is 0 Å². The molecule has 1 aromatic heterocycles. The molecule has 1 fully saturated rings. The largest absolute Gasteiger partial charge is 0.478 e. The van der Waals surface area contributed by atoms with Crippen molar-refractivity contribution in [2.24, 2.45) is 5.92 Å². The van der Waals surface area contributed by atoms with E-state index in [2.05, 4.69) is 17.2 Å².